The molecule has 0 aliphatic carbocycles. The molecule has 1 aromatic carbocycles. The highest BCUT2D eigenvalue weighted by Gasteiger charge is 1.99. The molecule has 0 unspecified atom stereocenters. The molecule has 0 aliphatic heterocycles. The van der Waals surface area contributed by atoms with Crippen LogP contribution < -0.4 is 4.74 Å². The van der Waals surface area contributed by atoms with E-state index >= 15 is 0 Å². The molecule has 0 radical (unpaired) electrons. The van der Waals surface area contributed by atoms with Gasteiger partial charge in [-0.25, -0.2) is 4.79 Å². The van der Waals surface area contributed by atoms with Gasteiger partial charge in [-0.3, -0.25) is 0 Å². The number of benzene rings is 1. The molecular weight excluding hydrogens is 180 g/mol. The number of carboxylic acids is 1. The third-order valence-corrected chi connectivity index (χ3v) is 1.79. The van der Waals surface area contributed by atoms with Crippen molar-refractivity contribution in [1.82, 2.24) is 0 Å². The van der Waals surface area contributed by atoms with E-state index in [-0.39, 0.29) is 0 Å². The molecule has 0 heterocycles. The highest BCUT2D eigenvalue weighted by Crippen LogP contribution is 2.20. The van der Waals surface area contributed by atoms with E-state index in [9.17, 15) is 4.79 Å². The summed E-state index contributed by atoms with van der Waals surface area (Å²) in [6.45, 7) is 1.94. The molecule has 0 fully saturated rings. The molecule has 0 spiro atoms. The van der Waals surface area contributed by atoms with Gasteiger partial charge in [-0.15, -0.1) is 0 Å². The number of aliphatic carboxylic acids is 1. The Morgan fingerprint density at radius 2 is 2.21 bits per heavy atom. The van der Waals surface area contributed by atoms with Crippen molar-refractivity contribution in [2.24, 2.45) is 0 Å². The molecule has 0 amide bonds. The number of aryl methyl sites for hydroxylation is 1. The summed E-state index contributed by atoms with van der Waals surface area (Å²) < 4.78 is 5.09. The standard InChI is InChI=1S/C11H12O3/c1-8-3-5-10(14-2)9(7-8)4-6-11(12)13/h3-7H,1-2H3,(H,12,13)/b6-4-. The quantitative estimate of drug-likeness (QED) is 0.746. The lowest BCUT2D eigenvalue weighted by atomic mass is 10.1. The molecular formula is C11H12O3. The van der Waals surface area contributed by atoms with Gasteiger partial charge in [-0.2, -0.15) is 0 Å². The maximum absolute atomic E-state index is 10.3. The summed E-state index contributed by atoms with van der Waals surface area (Å²) in [5, 5.41) is 8.48. The first kappa shape index (κ1) is 10.3. The second-order valence-corrected chi connectivity index (χ2v) is 2.92. The van der Waals surface area contributed by atoms with Gasteiger partial charge in [-0.1, -0.05) is 11.6 Å². The second kappa shape index (κ2) is 4.46. The van der Waals surface area contributed by atoms with E-state index in [0.29, 0.717) is 5.75 Å². The lowest BCUT2D eigenvalue weighted by Gasteiger charge is -2.04. The molecule has 0 aromatic heterocycles. The number of rotatable bonds is 3. The fraction of sp³-hybridized carbons (Fsp3) is 0.182. The van der Waals surface area contributed by atoms with E-state index in [2.05, 4.69) is 0 Å². The molecule has 1 N–H and O–H groups in total. The van der Waals surface area contributed by atoms with Gasteiger partial charge in [0, 0.05) is 11.6 Å². The third kappa shape index (κ3) is 2.62. The lowest BCUT2D eigenvalue weighted by Crippen LogP contribution is -1.90. The third-order valence-electron chi connectivity index (χ3n) is 1.79. The van der Waals surface area contributed by atoms with Crippen molar-refractivity contribution in [1.29, 1.82) is 0 Å². The summed E-state index contributed by atoms with van der Waals surface area (Å²) in [6, 6.07) is 5.60. The largest absolute Gasteiger partial charge is 0.496 e. The summed E-state index contributed by atoms with van der Waals surface area (Å²) in [6.07, 6.45) is 2.62. The molecule has 74 valence electrons. The van der Waals surface area contributed by atoms with Crippen LogP contribution in [-0.2, 0) is 4.79 Å². The summed E-state index contributed by atoms with van der Waals surface area (Å²) in [4.78, 5) is 10.3. The highest BCUT2D eigenvalue weighted by atomic mass is 16.5. The Hall–Kier alpha value is -1.77. The Bertz CT molecular complexity index is 367. The molecule has 0 bridgehead atoms. The fourth-order valence-electron chi connectivity index (χ4n) is 1.15. The van der Waals surface area contributed by atoms with Crippen LogP contribution in [0.25, 0.3) is 6.08 Å². The Kier molecular flexibility index (Phi) is 3.29. The van der Waals surface area contributed by atoms with Crippen LogP contribution in [0.2, 0.25) is 0 Å². The molecule has 0 aliphatic rings. The molecule has 3 nitrogen and oxygen atoms in total. The number of ether oxygens (including phenoxy) is 1. The molecule has 1 rings (SSSR count). The summed E-state index contributed by atoms with van der Waals surface area (Å²) in [5.41, 5.74) is 1.84. The van der Waals surface area contributed by atoms with Crippen LogP contribution in [0, 0.1) is 6.92 Å². The van der Waals surface area contributed by atoms with Gasteiger partial charge in [0.15, 0.2) is 0 Å². The number of methoxy groups -OCH3 is 1. The van der Waals surface area contributed by atoms with Crippen molar-refractivity contribution >= 4 is 12.0 Å². The van der Waals surface area contributed by atoms with E-state index < -0.39 is 5.97 Å². The van der Waals surface area contributed by atoms with Crippen molar-refractivity contribution in [2.45, 2.75) is 6.92 Å². The Labute approximate surface area is 82.6 Å². The molecule has 0 saturated heterocycles. The van der Waals surface area contributed by atoms with Gasteiger partial charge < -0.3 is 9.84 Å². The first-order valence-corrected chi connectivity index (χ1v) is 4.19. The topological polar surface area (TPSA) is 46.5 Å². The highest BCUT2D eigenvalue weighted by molar-refractivity contribution is 5.85. The van der Waals surface area contributed by atoms with Crippen LogP contribution in [-0.4, -0.2) is 18.2 Å². The molecule has 0 saturated carbocycles. The normalized spacial score (nSPS) is 10.4. The van der Waals surface area contributed by atoms with E-state index in [0.717, 1.165) is 17.2 Å². The van der Waals surface area contributed by atoms with Crippen LogP contribution in [0.15, 0.2) is 24.3 Å². The predicted octanol–water partition coefficient (Wildman–Crippen LogP) is 2.10. The minimum Gasteiger partial charge on any atom is -0.496 e. The zero-order chi connectivity index (χ0) is 10.6. The second-order valence-electron chi connectivity index (χ2n) is 2.92. The minimum absolute atomic E-state index is 0.674. The average Bonchev–Trinajstić information content (AvgIpc) is 2.15. The van der Waals surface area contributed by atoms with Gasteiger partial charge >= 0.3 is 5.97 Å². The van der Waals surface area contributed by atoms with Crippen molar-refractivity contribution in [2.75, 3.05) is 7.11 Å². The van der Waals surface area contributed by atoms with Crippen molar-refractivity contribution < 1.29 is 14.6 Å². The van der Waals surface area contributed by atoms with Crippen molar-refractivity contribution in [3.8, 4) is 5.75 Å². The maximum Gasteiger partial charge on any atom is 0.328 e. The molecule has 3 heteroatoms. The Morgan fingerprint density at radius 1 is 1.50 bits per heavy atom. The first-order valence-electron chi connectivity index (χ1n) is 4.19. The Morgan fingerprint density at radius 3 is 2.79 bits per heavy atom. The fourth-order valence-corrected chi connectivity index (χ4v) is 1.15. The van der Waals surface area contributed by atoms with Crippen LogP contribution in [0.5, 0.6) is 5.75 Å². The van der Waals surface area contributed by atoms with Gasteiger partial charge in [0.2, 0.25) is 0 Å². The SMILES string of the molecule is COc1ccc(C)cc1/C=C\C(=O)O. The van der Waals surface area contributed by atoms with E-state index in [1.807, 2.05) is 25.1 Å². The van der Waals surface area contributed by atoms with Gasteiger partial charge in [0.05, 0.1) is 7.11 Å². The number of hydrogen-bond donors (Lipinski definition) is 1. The zero-order valence-electron chi connectivity index (χ0n) is 8.15. The molecule has 1 aromatic rings. The maximum atomic E-state index is 10.3. The number of hydrogen-bond acceptors (Lipinski definition) is 2. The Balaban J connectivity index is 3.04. The first-order chi connectivity index (χ1) is 6.63. The summed E-state index contributed by atoms with van der Waals surface area (Å²) in [7, 11) is 1.56. The van der Waals surface area contributed by atoms with E-state index in [1.54, 1.807) is 7.11 Å². The monoisotopic (exact) mass is 192 g/mol. The summed E-state index contributed by atoms with van der Waals surface area (Å²) in [5.74, 6) is -0.290. The molecule has 14 heavy (non-hydrogen) atoms. The van der Waals surface area contributed by atoms with Crippen LogP contribution in [0.4, 0.5) is 0 Å². The van der Waals surface area contributed by atoms with Crippen molar-refractivity contribution in [3.05, 3.63) is 35.4 Å². The summed E-state index contributed by atoms with van der Waals surface area (Å²) >= 11 is 0. The predicted molar refractivity (Wildman–Crippen MR) is 54.4 cm³/mol. The van der Waals surface area contributed by atoms with E-state index in [1.165, 1.54) is 6.08 Å². The smallest absolute Gasteiger partial charge is 0.328 e. The van der Waals surface area contributed by atoms with Gasteiger partial charge in [-0.05, 0) is 25.1 Å². The van der Waals surface area contributed by atoms with Gasteiger partial charge in [0.25, 0.3) is 0 Å². The molecule has 0 atom stereocenters. The number of carbonyl (C=O) groups is 1. The van der Waals surface area contributed by atoms with Crippen molar-refractivity contribution in [3.63, 3.8) is 0 Å². The van der Waals surface area contributed by atoms with E-state index in [4.69, 9.17) is 9.84 Å². The van der Waals surface area contributed by atoms with Gasteiger partial charge in [0.1, 0.15) is 5.75 Å². The van der Waals surface area contributed by atoms with Crippen LogP contribution in [0.1, 0.15) is 11.1 Å². The zero-order valence-corrected chi connectivity index (χ0v) is 8.15. The number of carboxylic acid groups (broad SMARTS) is 1. The van der Waals surface area contributed by atoms with Crippen LogP contribution >= 0.6 is 0 Å². The minimum atomic E-state index is -0.964. The average molecular weight is 192 g/mol. The van der Waals surface area contributed by atoms with Crippen LogP contribution in [0.3, 0.4) is 0 Å². The lowest BCUT2D eigenvalue weighted by molar-refractivity contribution is -0.131.